The van der Waals surface area contributed by atoms with Crippen molar-refractivity contribution in [1.29, 1.82) is 0 Å². The number of aromatic nitrogens is 3. The normalized spacial score (nSPS) is 18.6. The van der Waals surface area contributed by atoms with Crippen molar-refractivity contribution in [3.05, 3.63) is 47.5 Å². The first-order chi connectivity index (χ1) is 13.4. The summed E-state index contributed by atoms with van der Waals surface area (Å²) in [7, 11) is -0.464. The Kier molecular flexibility index (Phi) is 4.45. The van der Waals surface area contributed by atoms with Gasteiger partial charge in [-0.05, 0) is 69.4 Å². The van der Waals surface area contributed by atoms with Gasteiger partial charge in [-0.1, -0.05) is 44.2 Å². The molecule has 29 heavy (non-hydrogen) atoms. The molecule has 0 radical (unpaired) electrons. The van der Waals surface area contributed by atoms with E-state index in [1.54, 1.807) is 0 Å². The third-order valence-electron chi connectivity index (χ3n) is 6.20. The fraction of sp³-hybridized carbons (Fsp3) is 0.478. The van der Waals surface area contributed by atoms with Gasteiger partial charge in [0, 0.05) is 5.46 Å². The molecule has 1 aromatic heterocycles. The average Bonchev–Trinajstić information content (AvgIpc) is 3.11. The first kappa shape index (κ1) is 20.1. The summed E-state index contributed by atoms with van der Waals surface area (Å²) in [6.45, 7) is 17.0. The molecule has 5 nitrogen and oxygen atoms in total. The maximum Gasteiger partial charge on any atom is 0.497 e. The largest absolute Gasteiger partial charge is 0.497 e. The molecular weight excluding hydrogens is 361 g/mol. The Morgan fingerprint density at radius 3 is 2.07 bits per heavy atom. The topological polar surface area (TPSA) is 49.2 Å². The van der Waals surface area contributed by atoms with E-state index in [0.29, 0.717) is 0 Å². The number of hydrogen-bond donors (Lipinski definition) is 0. The second-order valence-corrected chi connectivity index (χ2v) is 10.1. The molecule has 0 N–H and O–H groups in total. The minimum atomic E-state index is -0.464. The quantitative estimate of drug-likeness (QED) is 0.611. The van der Waals surface area contributed by atoms with Crippen LogP contribution in [0, 0.1) is 6.92 Å². The zero-order valence-corrected chi connectivity index (χ0v) is 18.7. The summed E-state index contributed by atoms with van der Waals surface area (Å²) >= 11 is 0. The van der Waals surface area contributed by atoms with Gasteiger partial charge in [0.15, 0.2) is 0 Å². The van der Waals surface area contributed by atoms with Crippen molar-refractivity contribution >= 4 is 23.6 Å². The van der Waals surface area contributed by atoms with Crippen molar-refractivity contribution in [3.8, 4) is 5.69 Å². The van der Waals surface area contributed by atoms with Crippen molar-refractivity contribution in [2.24, 2.45) is 0 Å². The van der Waals surface area contributed by atoms with Gasteiger partial charge >= 0.3 is 7.12 Å². The van der Waals surface area contributed by atoms with Crippen LogP contribution in [0.2, 0.25) is 0 Å². The summed E-state index contributed by atoms with van der Waals surface area (Å²) in [4.78, 5) is 0. The van der Waals surface area contributed by atoms with Crippen LogP contribution in [0.25, 0.3) is 16.7 Å². The van der Waals surface area contributed by atoms with Crippen LogP contribution in [0.5, 0.6) is 0 Å². The second-order valence-electron chi connectivity index (χ2n) is 10.1. The van der Waals surface area contributed by atoms with Crippen molar-refractivity contribution in [2.45, 2.75) is 72.0 Å². The third kappa shape index (κ3) is 3.38. The van der Waals surface area contributed by atoms with Crippen LogP contribution in [-0.2, 0) is 14.7 Å². The Labute approximate surface area is 173 Å². The van der Waals surface area contributed by atoms with Gasteiger partial charge in [0.2, 0.25) is 0 Å². The minimum absolute atomic E-state index is 0.105. The summed E-state index contributed by atoms with van der Waals surface area (Å²) in [5, 5.41) is 8.89. The van der Waals surface area contributed by atoms with Crippen molar-refractivity contribution < 1.29 is 9.31 Å². The molecule has 0 spiro atoms. The zero-order valence-electron chi connectivity index (χ0n) is 18.7. The molecule has 2 aromatic carbocycles. The number of hydrogen-bond acceptors (Lipinski definition) is 4. The highest BCUT2D eigenvalue weighted by molar-refractivity contribution is 6.65. The highest BCUT2D eigenvalue weighted by Gasteiger charge is 2.52. The van der Waals surface area contributed by atoms with E-state index in [-0.39, 0.29) is 5.41 Å². The van der Waals surface area contributed by atoms with Gasteiger partial charge in [0.1, 0.15) is 5.52 Å². The molecule has 0 saturated carbocycles. The SMILES string of the molecule is Cc1cc(B2OC(C)(C)C(C)(C)O2)c2c(c1)nnn2-c1ccc(C(C)(C)C)cc1. The molecule has 3 aromatic rings. The fourth-order valence-electron chi connectivity index (χ4n) is 3.66. The van der Waals surface area contributed by atoms with E-state index in [4.69, 9.17) is 9.31 Å². The van der Waals surface area contributed by atoms with Crippen molar-refractivity contribution in [1.82, 2.24) is 15.0 Å². The van der Waals surface area contributed by atoms with Gasteiger partial charge in [0.05, 0.1) is 22.4 Å². The van der Waals surface area contributed by atoms with E-state index < -0.39 is 18.3 Å². The predicted octanol–water partition coefficient (Wildman–Crippen LogP) is 4.33. The molecule has 152 valence electrons. The summed E-state index contributed by atoms with van der Waals surface area (Å²) in [6, 6.07) is 12.7. The van der Waals surface area contributed by atoms with E-state index in [1.807, 2.05) is 4.68 Å². The number of benzene rings is 2. The van der Waals surface area contributed by atoms with E-state index in [1.165, 1.54) is 5.56 Å². The first-order valence-corrected chi connectivity index (χ1v) is 10.2. The van der Waals surface area contributed by atoms with Crippen molar-refractivity contribution in [2.75, 3.05) is 0 Å². The fourth-order valence-corrected chi connectivity index (χ4v) is 3.66. The van der Waals surface area contributed by atoms with Crippen LogP contribution in [0.3, 0.4) is 0 Å². The molecule has 1 fully saturated rings. The zero-order chi connectivity index (χ0) is 21.2. The smallest absolute Gasteiger partial charge is 0.399 e. The average molecular weight is 391 g/mol. The lowest BCUT2D eigenvalue weighted by Crippen LogP contribution is -2.41. The van der Waals surface area contributed by atoms with Gasteiger partial charge in [-0.2, -0.15) is 0 Å². The van der Waals surface area contributed by atoms with E-state index in [2.05, 4.69) is 102 Å². The maximum atomic E-state index is 6.35. The highest BCUT2D eigenvalue weighted by Crippen LogP contribution is 2.37. The summed E-state index contributed by atoms with van der Waals surface area (Å²) in [6.07, 6.45) is 0. The van der Waals surface area contributed by atoms with Gasteiger partial charge in [-0.15, -0.1) is 5.10 Å². The Morgan fingerprint density at radius 1 is 0.931 bits per heavy atom. The van der Waals surface area contributed by atoms with Gasteiger partial charge < -0.3 is 9.31 Å². The predicted molar refractivity (Wildman–Crippen MR) is 118 cm³/mol. The molecule has 0 aliphatic carbocycles. The summed E-state index contributed by atoms with van der Waals surface area (Å²) in [5.41, 5.74) is 5.40. The van der Waals surface area contributed by atoms with Crippen LogP contribution in [-0.4, -0.2) is 33.3 Å². The lowest BCUT2D eigenvalue weighted by atomic mass is 9.77. The van der Waals surface area contributed by atoms with Gasteiger partial charge in [0.25, 0.3) is 0 Å². The van der Waals surface area contributed by atoms with E-state index in [0.717, 1.165) is 27.7 Å². The van der Waals surface area contributed by atoms with Crippen LogP contribution < -0.4 is 5.46 Å². The molecule has 1 aliphatic heterocycles. The number of aryl methyl sites for hydroxylation is 1. The molecule has 1 aliphatic rings. The molecule has 0 unspecified atom stereocenters. The van der Waals surface area contributed by atoms with E-state index in [9.17, 15) is 0 Å². The summed E-state index contributed by atoms with van der Waals surface area (Å²) in [5.74, 6) is 0. The Balaban J connectivity index is 1.84. The second kappa shape index (κ2) is 6.41. The highest BCUT2D eigenvalue weighted by atomic mass is 16.7. The lowest BCUT2D eigenvalue weighted by molar-refractivity contribution is 0.00578. The van der Waals surface area contributed by atoms with Crippen molar-refractivity contribution in [3.63, 3.8) is 0 Å². The standard InChI is InChI=1S/C23H30BN3O2/c1-15-13-18(24-28-22(5,6)23(7,8)29-24)20-19(14-15)25-26-27(20)17-11-9-16(10-12-17)21(2,3)4/h9-14H,1-8H3. The molecule has 6 heteroatoms. The molecule has 0 bridgehead atoms. The maximum absolute atomic E-state index is 6.35. The lowest BCUT2D eigenvalue weighted by Gasteiger charge is -2.32. The van der Waals surface area contributed by atoms with Crippen LogP contribution in [0.1, 0.15) is 59.6 Å². The number of nitrogens with zero attached hydrogens (tertiary/aromatic N) is 3. The van der Waals surface area contributed by atoms with Crippen LogP contribution >= 0.6 is 0 Å². The Morgan fingerprint density at radius 2 is 1.52 bits per heavy atom. The van der Waals surface area contributed by atoms with Gasteiger partial charge in [-0.3, -0.25) is 0 Å². The Bertz CT molecular complexity index is 1050. The molecule has 2 heterocycles. The van der Waals surface area contributed by atoms with E-state index >= 15 is 0 Å². The number of fused-ring (bicyclic) bond motifs is 1. The minimum Gasteiger partial charge on any atom is -0.399 e. The first-order valence-electron chi connectivity index (χ1n) is 10.2. The summed E-state index contributed by atoms with van der Waals surface area (Å²) < 4.78 is 14.6. The molecule has 1 saturated heterocycles. The van der Waals surface area contributed by atoms with Crippen LogP contribution in [0.15, 0.2) is 36.4 Å². The molecular formula is C23H30BN3O2. The van der Waals surface area contributed by atoms with Gasteiger partial charge in [-0.25, -0.2) is 4.68 Å². The molecule has 0 atom stereocenters. The molecule has 0 amide bonds. The molecule has 4 rings (SSSR count). The third-order valence-corrected chi connectivity index (χ3v) is 6.20. The monoisotopic (exact) mass is 391 g/mol. The Hall–Kier alpha value is -2.18. The number of rotatable bonds is 2. The van der Waals surface area contributed by atoms with Crippen LogP contribution in [0.4, 0.5) is 0 Å².